The lowest BCUT2D eigenvalue weighted by Crippen LogP contribution is -2.09. The number of ether oxygens (including phenoxy) is 2. The number of hydrogen-bond acceptors (Lipinski definition) is 5. The first-order valence-corrected chi connectivity index (χ1v) is 7.61. The van der Waals surface area contributed by atoms with E-state index in [1.54, 1.807) is 7.11 Å². The maximum Gasteiger partial charge on any atom is 0.119 e. The summed E-state index contributed by atoms with van der Waals surface area (Å²) in [6.45, 7) is 1.34. The molecule has 1 N–H and O–H groups in total. The fraction of sp³-hybridized carbons (Fsp3) is 0.500. The Kier molecular flexibility index (Phi) is 4.58. The predicted octanol–water partition coefficient (Wildman–Crippen LogP) is 2.13. The molecule has 6 heteroatoms. The highest BCUT2D eigenvalue weighted by Crippen LogP contribution is 2.41. The van der Waals surface area contributed by atoms with E-state index in [1.807, 2.05) is 28.9 Å². The number of aliphatic hydroxyl groups excluding tert-OH is 1. The van der Waals surface area contributed by atoms with Crippen LogP contribution in [0, 0.1) is 0 Å². The number of nitrogens with zero attached hydrogens (tertiary/aromatic N) is 3. The second-order valence-electron chi connectivity index (χ2n) is 5.45. The molecule has 1 fully saturated rings. The van der Waals surface area contributed by atoms with E-state index in [2.05, 4.69) is 10.3 Å². The van der Waals surface area contributed by atoms with Crippen LogP contribution in [0.4, 0.5) is 0 Å². The van der Waals surface area contributed by atoms with E-state index < -0.39 is 0 Å². The quantitative estimate of drug-likeness (QED) is 0.757. The van der Waals surface area contributed by atoms with Crippen LogP contribution in [0.25, 0.3) is 0 Å². The zero-order chi connectivity index (χ0) is 15.4. The maximum atomic E-state index is 9.32. The molecule has 3 rings (SSSR count). The van der Waals surface area contributed by atoms with Crippen molar-refractivity contribution >= 4 is 0 Å². The molecule has 22 heavy (non-hydrogen) atoms. The number of aliphatic hydroxyl groups is 1. The van der Waals surface area contributed by atoms with E-state index in [0.29, 0.717) is 12.5 Å². The average Bonchev–Trinajstić information content (AvgIpc) is 3.32. The molecule has 1 aromatic heterocycles. The number of aryl methyl sites for hydroxylation is 1. The molecule has 0 radical (unpaired) electrons. The highest BCUT2D eigenvalue weighted by Gasteiger charge is 2.30. The van der Waals surface area contributed by atoms with Gasteiger partial charge in [-0.25, -0.2) is 4.68 Å². The maximum absolute atomic E-state index is 9.32. The molecule has 0 bridgehead atoms. The van der Waals surface area contributed by atoms with Gasteiger partial charge in [-0.05, 0) is 37.1 Å². The Morgan fingerprint density at radius 1 is 1.23 bits per heavy atom. The van der Waals surface area contributed by atoms with Crippen molar-refractivity contribution in [2.75, 3.05) is 13.7 Å². The van der Waals surface area contributed by atoms with Crippen molar-refractivity contribution in [2.45, 2.75) is 38.3 Å². The van der Waals surface area contributed by atoms with Crippen LogP contribution >= 0.6 is 0 Å². The molecule has 0 amide bonds. The van der Waals surface area contributed by atoms with Crippen LogP contribution in [-0.2, 0) is 13.2 Å². The molecule has 0 aliphatic heterocycles. The van der Waals surface area contributed by atoms with Gasteiger partial charge >= 0.3 is 0 Å². The topological polar surface area (TPSA) is 69.4 Å². The molecule has 6 nitrogen and oxygen atoms in total. The largest absolute Gasteiger partial charge is 0.497 e. The average molecular weight is 303 g/mol. The molecule has 0 atom stereocenters. The standard InChI is InChI=1S/C16H21N3O3/c1-21-13-5-7-14(8-6-13)22-10-2-9-19-16(12-3-4-12)15(11-20)17-18-19/h5-8,12,20H,2-4,9-11H2,1H3. The summed E-state index contributed by atoms with van der Waals surface area (Å²) in [4.78, 5) is 0. The van der Waals surface area contributed by atoms with Gasteiger partial charge in [-0.3, -0.25) is 0 Å². The summed E-state index contributed by atoms with van der Waals surface area (Å²) in [7, 11) is 1.64. The smallest absolute Gasteiger partial charge is 0.119 e. The predicted molar refractivity (Wildman–Crippen MR) is 81.0 cm³/mol. The molecule has 0 spiro atoms. The zero-order valence-electron chi connectivity index (χ0n) is 12.7. The molecule has 1 aliphatic rings. The van der Waals surface area contributed by atoms with Crippen LogP contribution in [-0.4, -0.2) is 33.8 Å². The summed E-state index contributed by atoms with van der Waals surface area (Å²) < 4.78 is 12.7. The first-order chi connectivity index (χ1) is 10.8. The highest BCUT2D eigenvalue weighted by atomic mass is 16.5. The van der Waals surface area contributed by atoms with Crippen LogP contribution in [0.15, 0.2) is 24.3 Å². The third-order valence-corrected chi connectivity index (χ3v) is 3.80. The van der Waals surface area contributed by atoms with E-state index in [-0.39, 0.29) is 6.61 Å². The second kappa shape index (κ2) is 6.79. The van der Waals surface area contributed by atoms with Crippen molar-refractivity contribution < 1.29 is 14.6 Å². The molecule has 1 aliphatic carbocycles. The Balaban J connectivity index is 1.49. The molecule has 0 saturated heterocycles. The lowest BCUT2D eigenvalue weighted by molar-refractivity contribution is 0.275. The van der Waals surface area contributed by atoms with E-state index >= 15 is 0 Å². The minimum absolute atomic E-state index is 0.0336. The van der Waals surface area contributed by atoms with E-state index in [1.165, 1.54) is 12.8 Å². The fourth-order valence-corrected chi connectivity index (χ4v) is 2.51. The van der Waals surface area contributed by atoms with Crippen molar-refractivity contribution in [3.63, 3.8) is 0 Å². The first-order valence-electron chi connectivity index (χ1n) is 7.61. The molecule has 1 heterocycles. The van der Waals surface area contributed by atoms with Gasteiger partial charge in [-0.1, -0.05) is 5.21 Å². The summed E-state index contributed by atoms with van der Waals surface area (Å²) >= 11 is 0. The SMILES string of the molecule is COc1ccc(OCCCn2nnc(CO)c2C2CC2)cc1. The fourth-order valence-electron chi connectivity index (χ4n) is 2.51. The summed E-state index contributed by atoms with van der Waals surface area (Å²) in [5, 5.41) is 17.5. The third-order valence-electron chi connectivity index (χ3n) is 3.80. The van der Waals surface area contributed by atoms with Crippen molar-refractivity contribution in [2.24, 2.45) is 0 Å². The summed E-state index contributed by atoms with van der Waals surface area (Å²) in [6, 6.07) is 7.55. The zero-order valence-corrected chi connectivity index (χ0v) is 12.7. The number of aromatic nitrogens is 3. The Labute approximate surface area is 129 Å². The molecule has 118 valence electrons. The lowest BCUT2D eigenvalue weighted by atomic mass is 10.2. The molecule has 0 unspecified atom stereocenters. The van der Waals surface area contributed by atoms with Gasteiger partial charge in [0.25, 0.3) is 0 Å². The summed E-state index contributed by atoms with van der Waals surface area (Å²) in [5.41, 5.74) is 1.82. The lowest BCUT2D eigenvalue weighted by Gasteiger charge is -2.09. The van der Waals surface area contributed by atoms with Gasteiger partial charge in [0.1, 0.15) is 17.2 Å². The van der Waals surface area contributed by atoms with Gasteiger partial charge < -0.3 is 14.6 Å². The van der Waals surface area contributed by atoms with Crippen LogP contribution in [0.3, 0.4) is 0 Å². The second-order valence-corrected chi connectivity index (χ2v) is 5.45. The minimum Gasteiger partial charge on any atom is -0.497 e. The molecule has 1 aromatic carbocycles. The minimum atomic E-state index is -0.0336. The highest BCUT2D eigenvalue weighted by molar-refractivity contribution is 5.31. The Morgan fingerprint density at radius 2 is 1.95 bits per heavy atom. The Hall–Kier alpha value is -2.08. The van der Waals surface area contributed by atoms with E-state index in [0.717, 1.165) is 35.9 Å². The van der Waals surface area contributed by atoms with Gasteiger partial charge in [-0.2, -0.15) is 0 Å². The summed E-state index contributed by atoms with van der Waals surface area (Å²) in [6.07, 6.45) is 3.19. The van der Waals surface area contributed by atoms with E-state index in [9.17, 15) is 5.11 Å². The summed E-state index contributed by atoms with van der Waals surface area (Å²) in [5.74, 6) is 2.18. The molecule has 2 aromatic rings. The third kappa shape index (κ3) is 3.39. The molecular formula is C16H21N3O3. The van der Waals surface area contributed by atoms with Crippen LogP contribution < -0.4 is 9.47 Å². The first kappa shape index (κ1) is 14.8. The van der Waals surface area contributed by atoms with Crippen LogP contribution in [0.1, 0.15) is 36.6 Å². The number of rotatable bonds is 8. The van der Waals surface area contributed by atoms with Gasteiger partial charge in [0.15, 0.2) is 0 Å². The Bertz CT molecular complexity index is 606. The van der Waals surface area contributed by atoms with Crippen molar-refractivity contribution in [1.29, 1.82) is 0 Å². The monoisotopic (exact) mass is 303 g/mol. The van der Waals surface area contributed by atoms with Gasteiger partial charge in [-0.15, -0.1) is 5.10 Å². The van der Waals surface area contributed by atoms with Gasteiger partial charge in [0, 0.05) is 18.9 Å². The Morgan fingerprint density at radius 3 is 2.59 bits per heavy atom. The molecular weight excluding hydrogens is 282 g/mol. The van der Waals surface area contributed by atoms with Gasteiger partial charge in [0.2, 0.25) is 0 Å². The van der Waals surface area contributed by atoms with Crippen molar-refractivity contribution in [3.8, 4) is 11.5 Å². The van der Waals surface area contributed by atoms with Crippen LogP contribution in [0.5, 0.6) is 11.5 Å². The number of hydrogen-bond donors (Lipinski definition) is 1. The van der Waals surface area contributed by atoms with Crippen LogP contribution in [0.2, 0.25) is 0 Å². The van der Waals surface area contributed by atoms with E-state index in [4.69, 9.17) is 9.47 Å². The van der Waals surface area contributed by atoms with Crippen molar-refractivity contribution in [3.05, 3.63) is 35.7 Å². The van der Waals surface area contributed by atoms with Gasteiger partial charge in [0.05, 0.1) is 26.0 Å². The number of methoxy groups -OCH3 is 1. The van der Waals surface area contributed by atoms with Crippen molar-refractivity contribution in [1.82, 2.24) is 15.0 Å². The number of benzene rings is 1. The normalized spacial score (nSPS) is 14.1. The molecule has 1 saturated carbocycles.